The standard InChI is InChI=1S/C20H24ClN3O/c1-2-3-12-24-18-10-9-16(21)14-17(18)19(15-7-5-4-6-8-15)23-20(24)22-11-13-25/h4-10,14,19,25H,2-3,11-13H2,1H3,(H,22,23). The van der Waals surface area contributed by atoms with Crippen LogP contribution in [0.1, 0.15) is 36.9 Å². The largest absolute Gasteiger partial charge is 0.395 e. The zero-order chi connectivity index (χ0) is 17.6. The minimum atomic E-state index is -0.103. The second-order valence-corrected chi connectivity index (χ2v) is 6.56. The number of unbranched alkanes of at least 4 members (excludes halogenated alkanes) is 1. The molecule has 1 aliphatic heterocycles. The number of aliphatic imine (C=N–C) groups is 1. The molecule has 3 rings (SSSR count). The van der Waals surface area contributed by atoms with Crippen molar-refractivity contribution in [1.82, 2.24) is 5.32 Å². The van der Waals surface area contributed by atoms with E-state index in [2.05, 4.69) is 35.3 Å². The zero-order valence-electron chi connectivity index (χ0n) is 14.5. The Labute approximate surface area is 154 Å². The van der Waals surface area contributed by atoms with Crippen molar-refractivity contribution < 1.29 is 5.11 Å². The molecule has 2 aromatic rings. The van der Waals surface area contributed by atoms with Crippen LogP contribution in [0.25, 0.3) is 0 Å². The van der Waals surface area contributed by atoms with E-state index in [0.717, 1.165) is 47.2 Å². The van der Waals surface area contributed by atoms with Gasteiger partial charge in [0.2, 0.25) is 0 Å². The van der Waals surface area contributed by atoms with E-state index in [1.807, 2.05) is 30.3 Å². The van der Waals surface area contributed by atoms with Crippen LogP contribution < -0.4 is 10.2 Å². The predicted molar refractivity (Wildman–Crippen MR) is 105 cm³/mol. The number of rotatable bonds is 6. The number of nitrogens with one attached hydrogen (secondary N) is 1. The van der Waals surface area contributed by atoms with E-state index in [9.17, 15) is 5.11 Å². The number of hydrogen-bond donors (Lipinski definition) is 2. The molecule has 0 radical (unpaired) electrons. The van der Waals surface area contributed by atoms with Crippen molar-refractivity contribution in [1.29, 1.82) is 0 Å². The summed E-state index contributed by atoms with van der Waals surface area (Å²) in [5.41, 5.74) is 3.37. The number of aliphatic hydroxyl groups is 1. The molecule has 2 N–H and O–H groups in total. The molecule has 4 nitrogen and oxygen atoms in total. The number of hydrogen-bond acceptors (Lipinski definition) is 4. The summed E-state index contributed by atoms with van der Waals surface area (Å²) >= 11 is 6.29. The first-order chi connectivity index (χ1) is 12.2. The van der Waals surface area contributed by atoms with Crippen molar-refractivity contribution in [2.45, 2.75) is 25.8 Å². The van der Waals surface area contributed by atoms with Crippen LogP contribution >= 0.6 is 11.6 Å². The molecule has 1 aliphatic rings. The van der Waals surface area contributed by atoms with Crippen LogP contribution in [0.3, 0.4) is 0 Å². The third kappa shape index (κ3) is 3.97. The number of nitrogens with zero attached hydrogens (tertiary/aromatic N) is 2. The van der Waals surface area contributed by atoms with Crippen LogP contribution in [0.15, 0.2) is 53.5 Å². The van der Waals surface area contributed by atoms with E-state index < -0.39 is 0 Å². The van der Waals surface area contributed by atoms with Gasteiger partial charge in [0.1, 0.15) is 6.04 Å². The van der Waals surface area contributed by atoms with Gasteiger partial charge < -0.3 is 15.3 Å². The molecule has 0 aliphatic carbocycles. The van der Waals surface area contributed by atoms with Gasteiger partial charge in [-0.3, -0.25) is 0 Å². The van der Waals surface area contributed by atoms with E-state index in [4.69, 9.17) is 16.6 Å². The maximum absolute atomic E-state index is 9.22. The molecular formula is C20H24ClN3O. The van der Waals surface area contributed by atoms with Crippen molar-refractivity contribution in [2.75, 3.05) is 24.6 Å². The van der Waals surface area contributed by atoms with Gasteiger partial charge in [-0.25, -0.2) is 4.99 Å². The smallest absolute Gasteiger partial charge is 0.199 e. The Hall–Kier alpha value is -2.04. The molecule has 5 heteroatoms. The predicted octanol–water partition coefficient (Wildman–Crippen LogP) is 3.99. The number of anilines is 1. The number of halogens is 1. The topological polar surface area (TPSA) is 47.9 Å². The number of benzene rings is 2. The Balaban J connectivity index is 2.07. The lowest BCUT2D eigenvalue weighted by Crippen LogP contribution is -2.46. The van der Waals surface area contributed by atoms with Crippen LogP contribution in [-0.4, -0.2) is 30.8 Å². The van der Waals surface area contributed by atoms with Crippen LogP contribution in [0.2, 0.25) is 5.02 Å². The summed E-state index contributed by atoms with van der Waals surface area (Å²) in [4.78, 5) is 7.17. The summed E-state index contributed by atoms with van der Waals surface area (Å²) in [6, 6.07) is 16.1. The third-order valence-electron chi connectivity index (χ3n) is 4.33. The van der Waals surface area contributed by atoms with Crippen LogP contribution in [0.4, 0.5) is 5.69 Å². The van der Waals surface area contributed by atoms with Crippen molar-refractivity contribution >= 4 is 23.2 Å². The van der Waals surface area contributed by atoms with Crippen LogP contribution in [0.5, 0.6) is 0 Å². The molecule has 1 unspecified atom stereocenters. The number of aliphatic hydroxyl groups excluding tert-OH is 1. The fourth-order valence-corrected chi connectivity index (χ4v) is 3.29. The molecule has 0 saturated carbocycles. The molecule has 1 heterocycles. The lowest BCUT2D eigenvalue weighted by Gasteiger charge is -2.35. The van der Waals surface area contributed by atoms with Crippen LogP contribution in [-0.2, 0) is 0 Å². The van der Waals surface area contributed by atoms with Gasteiger partial charge in [-0.1, -0.05) is 55.3 Å². The fraction of sp³-hybridized carbons (Fsp3) is 0.350. The highest BCUT2D eigenvalue weighted by atomic mass is 35.5. The van der Waals surface area contributed by atoms with Crippen LogP contribution in [0, 0.1) is 0 Å². The first-order valence-corrected chi connectivity index (χ1v) is 9.17. The molecule has 0 spiro atoms. The summed E-state index contributed by atoms with van der Waals surface area (Å²) < 4.78 is 0. The van der Waals surface area contributed by atoms with E-state index in [-0.39, 0.29) is 12.6 Å². The molecule has 0 fully saturated rings. The van der Waals surface area contributed by atoms with Gasteiger partial charge in [-0.05, 0) is 30.2 Å². The van der Waals surface area contributed by atoms with Crippen molar-refractivity contribution in [3.05, 3.63) is 64.7 Å². The van der Waals surface area contributed by atoms with Gasteiger partial charge >= 0.3 is 0 Å². The maximum atomic E-state index is 9.22. The van der Waals surface area contributed by atoms with E-state index >= 15 is 0 Å². The number of fused-ring (bicyclic) bond motifs is 1. The lowest BCUT2D eigenvalue weighted by atomic mass is 9.95. The maximum Gasteiger partial charge on any atom is 0.199 e. The summed E-state index contributed by atoms with van der Waals surface area (Å²) in [5, 5.41) is 13.2. The molecule has 2 aromatic carbocycles. The highest BCUT2D eigenvalue weighted by Gasteiger charge is 2.28. The summed E-state index contributed by atoms with van der Waals surface area (Å²) in [6.07, 6.45) is 2.17. The molecule has 25 heavy (non-hydrogen) atoms. The van der Waals surface area contributed by atoms with Gasteiger partial charge in [0.15, 0.2) is 5.96 Å². The van der Waals surface area contributed by atoms with E-state index in [0.29, 0.717) is 6.54 Å². The van der Waals surface area contributed by atoms with E-state index in [1.165, 1.54) is 0 Å². The second kappa shape index (κ2) is 8.37. The molecule has 0 bridgehead atoms. The third-order valence-corrected chi connectivity index (χ3v) is 4.56. The molecular weight excluding hydrogens is 334 g/mol. The van der Waals surface area contributed by atoms with Gasteiger partial charge in [0.25, 0.3) is 0 Å². The second-order valence-electron chi connectivity index (χ2n) is 6.12. The first-order valence-electron chi connectivity index (χ1n) is 8.79. The van der Waals surface area contributed by atoms with E-state index in [1.54, 1.807) is 0 Å². The SMILES string of the molecule is CCCCN1C(NCCO)=NC(c2ccccc2)c2cc(Cl)ccc21. The highest BCUT2D eigenvalue weighted by molar-refractivity contribution is 6.30. The van der Waals surface area contributed by atoms with Gasteiger partial charge in [-0.2, -0.15) is 0 Å². The average molecular weight is 358 g/mol. The molecule has 0 saturated heterocycles. The fourth-order valence-electron chi connectivity index (χ4n) is 3.11. The monoisotopic (exact) mass is 357 g/mol. The lowest BCUT2D eigenvalue weighted by molar-refractivity contribution is 0.300. The summed E-state index contributed by atoms with van der Waals surface area (Å²) in [7, 11) is 0. The normalized spacial score (nSPS) is 16.4. The molecule has 1 atom stereocenters. The molecule has 0 aromatic heterocycles. The molecule has 0 amide bonds. The summed E-state index contributed by atoms with van der Waals surface area (Å²) in [5.74, 6) is 0.811. The summed E-state index contributed by atoms with van der Waals surface area (Å²) in [6.45, 7) is 3.61. The Morgan fingerprint density at radius 3 is 2.72 bits per heavy atom. The molecule has 132 valence electrons. The van der Waals surface area contributed by atoms with Crippen molar-refractivity contribution in [3.8, 4) is 0 Å². The van der Waals surface area contributed by atoms with Gasteiger partial charge in [-0.15, -0.1) is 0 Å². The minimum absolute atomic E-state index is 0.0735. The van der Waals surface area contributed by atoms with Crippen molar-refractivity contribution in [2.24, 2.45) is 4.99 Å². The first kappa shape index (κ1) is 17.8. The Morgan fingerprint density at radius 1 is 1.20 bits per heavy atom. The average Bonchev–Trinajstić information content (AvgIpc) is 2.65. The highest BCUT2D eigenvalue weighted by Crippen LogP contribution is 2.39. The Morgan fingerprint density at radius 2 is 2.00 bits per heavy atom. The quantitative estimate of drug-likeness (QED) is 0.821. The van der Waals surface area contributed by atoms with Gasteiger partial charge in [0, 0.05) is 29.4 Å². The minimum Gasteiger partial charge on any atom is -0.395 e. The van der Waals surface area contributed by atoms with Gasteiger partial charge in [0.05, 0.1) is 6.61 Å². The Bertz CT molecular complexity index is 733. The van der Waals surface area contributed by atoms with Crippen molar-refractivity contribution in [3.63, 3.8) is 0 Å². The Kier molecular flexibility index (Phi) is 5.95. The zero-order valence-corrected chi connectivity index (χ0v) is 15.2. The number of guanidine groups is 1.